The molecule has 0 spiro atoms. The summed E-state index contributed by atoms with van der Waals surface area (Å²) < 4.78 is 0. The van der Waals surface area contributed by atoms with Crippen LogP contribution >= 0.6 is 0 Å². The largest absolute Gasteiger partial charge is 0.367 e. The summed E-state index contributed by atoms with van der Waals surface area (Å²) in [5.74, 6) is -0.172. The standard InChI is InChI=1S/C12H16N2O2/c1-14(9-4-2-3-5-9)12(16)10-8-13-7-6-11(10)15/h6-9H,2-5H2,1H3,(H,13,15). The van der Waals surface area contributed by atoms with Crippen LogP contribution in [0.4, 0.5) is 0 Å². The lowest BCUT2D eigenvalue weighted by atomic mass is 10.2. The van der Waals surface area contributed by atoms with Crippen LogP contribution in [0.15, 0.2) is 23.3 Å². The predicted molar refractivity (Wildman–Crippen MR) is 61.4 cm³/mol. The Morgan fingerprint density at radius 2 is 2.12 bits per heavy atom. The first-order chi connectivity index (χ1) is 7.70. The van der Waals surface area contributed by atoms with Crippen LogP contribution in [0, 0.1) is 0 Å². The Kier molecular flexibility index (Phi) is 3.08. The van der Waals surface area contributed by atoms with Crippen LogP contribution in [0.2, 0.25) is 0 Å². The molecule has 0 saturated heterocycles. The molecule has 1 aromatic rings. The van der Waals surface area contributed by atoms with Crippen molar-refractivity contribution in [3.63, 3.8) is 0 Å². The van der Waals surface area contributed by atoms with Gasteiger partial charge in [0, 0.05) is 31.5 Å². The zero-order chi connectivity index (χ0) is 11.5. The molecule has 1 fully saturated rings. The molecule has 0 radical (unpaired) electrons. The van der Waals surface area contributed by atoms with Gasteiger partial charge in [0.05, 0.1) is 0 Å². The molecule has 1 aromatic heterocycles. The Balaban J connectivity index is 2.18. The molecule has 0 aliphatic heterocycles. The second-order valence-corrected chi connectivity index (χ2v) is 4.28. The molecule has 1 heterocycles. The molecule has 1 amide bonds. The Hall–Kier alpha value is -1.58. The first kappa shape index (κ1) is 10.9. The Bertz CT molecular complexity index is 433. The molecule has 16 heavy (non-hydrogen) atoms. The molecule has 86 valence electrons. The number of aromatic nitrogens is 1. The number of nitrogens with one attached hydrogen (secondary N) is 1. The number of pyridine rings is 1. The number of aromatic amines is 1. The van der Waals surface area contributed by atoms with Crippen LogP contribution in [0.5, 0.6) is 0 Å². The van der Waals surface area contributed by atoms with Gasteiger partial charge in [0.25, 0.3) is 5.91 Å². The van der Waals surface area contributed by atoms with E-state index in [-0.39, 0.29) is 16.9 Å². The lowest BCUT2D eigenvalue weighted by molar-refractivity contribution is 0.0733. The van der Waals surface area contributed by atoms with Crippen molar-refractivity contribution < 1.29 is 4.79 Å². The second-order valence-electron chi connectivity index (χ2n) is 4.28. The summed E-state index contributed by atoms with van der Waals surface area (Å²) in [6.45, 7) is 0. The van der Waals surface area contributed by atoms with E-state index in [9.17, 15) is 9.59 Å². The second kappa shape index (κ2) is 4.51. The van der Waals surface area contributed by atoms with Gasteiger partial charge in [-0.2, -0.15) is 0 Å². The van der Waals surface area contributed by atoms with E-state index in [1.54, 1.807) is 11.9 Å². The third-order valence-corrected chi connectivity index (χ3v) is 3.25. The summed E-state index contributed by atoms with van der Waals surface area (Å²) in [6, 6.07) is 1.68. The fraction of sp³-hybridized carbons (Fsp3) is 0.500. The van der Waals surface area contributed by atoms with Crippen molar-refractivity contribution in [2.24, 2.45) is 0 Å². The van der Waals surface area contributed by atoms with Gasteiger partial charge in [-0.1, -0.05) is 12.8 Å². The minimum Gasteiger partial charge on any atom is -0.367 e. The van der Waals surface area contributed by atoms with E-state index in [0.717, 1.165) is 12.8 Å². The fourth-order valence-corrected chi connectivity index (χ4v) is 2.23. The van der Waals surface area contributed by atoms with E-state index in [1.807, 2.05) is 0 Å². The van der Waals surface area contributed by atoms with Gasteiger partial charge in [0.15, 0.2) is 5.43 Å². The Morgan fingerprint density at radius 3 is 2.75 bits per heavy atom. The Labute approximate surface area is 94.3 Å². The molecule has 4 heteroatoms. The molecule has 2 rings (SSSR count). The van der Waals surface area contributed by atoms with Gasteiger partial charge in [-0.15, -0.1) is 0 Å². The van der Waals surface area contributed by atoms with Gasteiger partial charge < -0.3 is 9.88 Å². The highest BCUT2D eigenvalue weighted by atomic mass is 16.2. The monoisotopic (exact) mass is 220 g/mol. The smallest absolute Gasteiger partial charge is 0.259 e. The highest BCUT2D eigenvalue weighted by molar-refractivity contribution is 5.93. The summed E-state index contributed by atoms with van der Waals surface area (Å²) >= 11 is 0. The van der Waals surface area contributed by atoms with Gasteiger partial charge in [-0.05, 0) is 12.8 Å². The average molecular weight is 220 g/mol. The van der Waals surface area contributed by atoms with Gasteiger partial charge in [-0.25, -0.2) is 0 Å². The summed E-state index contributed by atoms with van der Waals surface area (Å²) in [7, 11) is 1.78. The van der Waals surface area contributed by atoms with Gasteiger partial charge in [-0.3, -0.25) is 9.59 Å². The van der Waals surface area contributed by atoms with Crippen molar-refractivity contribution in [3.8, 4) is 0 Å². The average Bonchev–Trinajstić information content (AvgIpc) is 2.81. The third kappa shape index (κ3) is 2.01. The minimum atomic E-state index is -0.214. The van der Waals surface area contributed by atoms with Crippen LogP contribution in [0.25, 0.3) is 0 Å². The van der Waals surface area contributed by atoms with E-state index in [4.69, 9.17) is 0 Å². The topological polar surface area (TPSA) is 53.2 Å². The van der Waals surface area contributed by atoms with Crippen molar-refractivity contribution in [3.05, 3.63) is 34.2 Å². The fourth-order valence-electron chi connectivity index (χ4n) is 2.23. The van der Waals surface area contributed by atoms with Crippen LogP contribution < -0.4 is 5.43 Å². The summed E-state index contributed by atoms with van der Waals surface area (Å²) in [4.78, 5) is 28.1. The Morgan fingerprint density at radius 1 is 1.44 bits per heavy atom. The normalized spacial score (nSPS) is 16.3. The minimum absolute atomic E-state index is 0.172. The van der Waals surface area contributed by atoms with Gasteiger partial charge in [0.2, 0.25) is 0 Å². The molecule has 1 saturated carbocycles. The SMILES string of the molecule is CN(C(=O)c1c[nH]ccc1=O)C1CCCC1. The number of carbonyl (C=O) groups excluding carboxylic acids is 1. The highest BCUT2D eigenvalue weighted by Crippen LogP contribution is 2.23. The van der Waals surface area contributed by atoms with Crippen LogP contribution in [0.3, 0.4) is 0 Å². The number of nitrogens with zero attached hydrogens (tertiary/aromatic N) is 1. The molecule has 4 nitrogen and oxygen atoms in total. The number of rotatable bonds is 2. The zero-order valence-corrected chi connectivity index (χ0v) is 9.40. The third-order valence-electron chi connectivity index (χ3n) is 3.25. The molecule has 1 aliphatic rings. The maximum absolute atomic E-state index is 12.1. The van der Waals surface area contributed by atoms with Crippen LogP contribution in [0.1, 0.15) is 36.0 Å². The van der Waals surface area contributed by atoms with Crippen molar-refractivity contribution >= 4 is 5.91 Å². The van der Waals surface area contributed by atoms with Crippen molar-refractivity contribution in [2.45, 2.75) is 31.7 Å². The molecule has 0 unspecified atom stereocenters. The van der Waals surface area contributed by atoms with E-state index >= 15 is 0 Å². The van der Waals surface area contributed by atoms with Crippen molar-refractivity contribution in [1.29, 1.82) is 0 Å². The van der Waals surface area contributed by atoms with Crippen molar-refractivity contribution in [2.75, 3.05) is 7.05 Å². The number of hydrogen-bond donors (Lipinski definition) is 1. The summed E-state index contributed by atoms with van der Waals surface area (Å²) in [6.07, 6.45) is 7.46. The van der Waals surface area contributed by atoms with E-state index < -0.39 is 0 Å². The molecular weight excluding hydrogens is 204 g/mol. The molecule has 0 aromatic carbocycles. The van der Waals surface area contributed by atoms with Crippen molar-refractivity contribution in [1.82, 2.24) is 9.88 Å². The molecule has 1 aliphatic carbocycles. The van der Waals surface area contributed by atoms with Gasteiger partial charge >= 0.3 is 0 Å². The first-order valence-corrected chi connectivity index (χ1v) is 5.64. The number of H-pyrrole nitrogens is 1. The number of hydrogen-bond acceptors (Lipinski definition) is 2. The van der Waals surface area contributed by atoms with Crippen LogP contribution in [-0.4, -0.2) is 28.9 Å². The molecular formula is C12H16N2O2. The zero-order valence-electron chi connectivity index (χ0n) is 9.40. The van der Waals surface area contributed by atoms with Gasteiger partial charge in [0.1, 0.15) is 5.56 Å². The maximum atomic E-state index is 12.1. The lowest BCUT2D eigenvalue weighted by Crippen LogP contribution is -2.37. The van der Waals surface area contributed by atoms with E-state index in [2.05, 4.69) is 4.98 Å². The van der Waals surface area contributed by atoms with E-state index in [0.29, 0.717) is 6.04 Å². The first-order valence-electron chi connectivity index (χ1n) is 5.64. The molecule has 0 atom stereocenters. The summed E-state index contributed by atoms with van der Waals surface area (Å²) in [5, 5.41) is 0. The van der Waals surface area contributed by atoms with Crippen LogP contribution in [-0.2, 0) is 0 Å². The highest BCUT2D eigenvalue weighted by Gasteiger charge is 2.25. The maximum Gasteiger partial charge on any atom is 0.259 e. The molecule has 1 N–H and O–H groups in total. The number of carbonyl (C=O) groups is 1. The molecule has 0 bridgehead atoms. The predicted octanol–water partition coefficient (Wildman–Crippen LogP) is 1.39. The number of amides is 1. The summed E-state index contributed by atoms with van der Waals surface area (Å²) in [5.41, 5.74) is 0.0190. The lowest BCUT2D eigenvalue weighted by Gasteiger charge is -2.23. The quantitative estimate of drug-likeness (QED) is 0.818. The van der Waals surface area contributed by atoms with E-state index in [1.165, 1.54) is 31.3 Å².